The zero-order valence-electron chi connectivity index (χ0n) is 12.9. The molecule has 2 nitrogen and oxygen atoms in total. The van der Waals surface area contributed by atoms with Gasteiger partial charge in [0, 0.05) is 16.6 Å². The van der Waals surface area contributed by atoms with Crippen LogP contribution in [0, 0.1) is 11.6 Å². The molecule has 1 aliphatic rings. The van der Waals surface area contributed by atoms with Gasteiger partial charge in [-0.15, -0.1) is 11.8 Å². The molecule has 3 rings (SSSR count). The van der Waals surface area contributed by atoms with Crippen molar-refractivity contribution < 1.29 is 13.6 Å². The van der Waals surface area contributed by atoms with E-state index in [1.54, 1.807) is 11.8 Å². The Morgan fingerprint density at radius 1 is 1.26 bits per heavy atom. The predicted molar refractivity (Wildman–Crippen MR) is 88.8 cm³/mol. The van der Waals surface area contributed by atoms with Gasteiger partial charge in [0.1, 0.15) is 11.6 Å². The van der Waals surface area contributed by atoms with E-state index in [0.717, 1.165) is 47.6 Å². The molecule has 5 heteroatoms. The van der Waals surface area contributed by atoms with Gasteiger partial charge in [-0.3, -0.25) is 4.79 Å². The minimum Gasteiger partial charge on any atom is -0.308 e. The summed E-state index contributed by atoms with van der Waals surface area (Å²) in [5, 5.41) is -0.500. The van der Waals surface area contributed by atoms with E-state index in [0.29, 0.717) is 0 Å². The second-order valence-corrected chi connectivity index (χ2v) is 7.11. The highest BCUT2D eigenvalue weighted by molar-refractivity contribution is 8.00. The third kappa shape index (κ3) is 3.11. The fourth-order valence-electron chi connectivity index (χ4n) is 2.91. The van der Waals surface area contributed by atoms with Crippen LogP contribution in [0.4, 0.5) is 14.5 Å². The van der Waals surface area contributed by atoms with Crippen LogP contribution in [0.5, 0.6) is 0 Å². The molecule has 0 saturated heterocycles. The molecule has 1 heterocycles. The minimum absolute atomic E-state index is 0.0697. The number of amides is 1. The molecule has 2 atom stereocenters. The van der Waals surface area contributed by atoms with Crippen LogP contribution in [-0.4, -0.2) is 17.2 Å². The number of carbonyl (C=O) groups is 1. The third-order valence-corrected chi connectivity index (χ3v) is 5.11. The maximum atomic E-state index is 13.8. The largest absolute Gasteiger partial charge is 0.308 e. The lowest BCUT2D eigenvalue weighted by Gasteiger charge is -2.26. The molecule has 2 aromatic carbocycles. The molecule has 0 bridgehead atoms. The van der Waals surface area contributed by atoms with Crippen LogP contribution in [0.3, 0.4) is 0 Å². The number of benzene rings is 2. The number of carbonyl (C=O) groups excluding carboxylic acids is 1. The maximum Gasteiger partial charge on any atom is 0.240 e. The lowest BCUT2D eigenvalue weighted by atomic mass is 10.1. The molecular weight excluding hydrogens is 316 g/mol. The van der Waals surface area contributed by atoms with Gasteiger partial charge in [-0.05, 0) is 50.1 Å². The van der Waals surface area contributed by atoms with Gasteiger partial charge in [-0.1, -0.05) is 18.2 Å². The van der Waals surface area contributed by atoms with E-state index in [2.05, 4.69) is 0 Å². The number of thioether (sulfide) groups is 1. The van der Waals surface area contributed by atoms with Crippen LogP contribution in [0.1, 0.15) is 19.4 Å². The van der Waals surface area contributed by atoms with Crippen LogP contribution in [0.25, 0.3) is 0 Å². The molecule has 0 aromatic heterocycles. The first kappa shape index (κ1) is 16.0. The Labute approximate surface area is 138 Å². The van der Waals surface area contributed by atoms with Crippen LogP contribution in [0.2, 0.25) is 0 Å². The number of hydrogen-bond acceptors (Lipinski definition) is 2. The van der Waals surface area contributed by atoms with Gasteiger partial charge in [0.2, 0.25) is 5.91 Å². The van der Waals surface area contributed by atoms with E-state index in [9.17, 15) is 13.6 Å². The maximum absolute atomic E-state index is 13.8. The summed E-state index contributed by atoms with van der Waals surface area (Å²) >= 11 is 1.05. The highest BCUT2D eigenvalue weighted by Crippen LogP contribution is 2.35. The zero-order valence-corrected chi connectivity index (χ0v) is 13.7. The van der Waals surface area contributed by atoms with Crippen molar-refractivity contribution in [1.29, 1.82) is 0 Å². The molecule has 1 aliphatic heterocycles. The molecule has 0 saturated carbocycles. The summed E-state index contributed by atoms with van der Waals surface area (Å²) in [6.45, 7) is 3.73. The summed E-state index contributed by atoms with van der Waals surface area (Å²) in [5.74, 6) is -1.10. The summed E-state index contributed by atoms with van der Waals surface area (Å²) in [7, 11) is 0. The first-order chi connectivity index (χ1) is 11.0. The minimum atomic E-state index is -0.508. The summed E-state index contributed by atoms with van der Waals surface area (Å²) in [6.07, 6.45) is 0.813. The Hall–Kier alpha value is -1.88. The van der Waals surface area contributed by atoms with E-state index >= 15 is 0 Å². The number of fused-ring (bicyclic) bond motifs is 1. The summed E-state index contributed by atoms with van der Waals surface area (Å²) in [5.41, 5.74) is 2.06. The van der Waals surface area contributed by atoms with Crippen molar-refractivity contribution in [3.63, 3.8) is 0 Å². The van der Waals surface area contributed by atoms with E-state index in [4.69, 9.17) is 0 Å². The van der Waals surface area contributed by atoms with E-state index < -0.39 is 16.9 Å². The molecule has 120 valence electrons. The average molecular weight is 333 g/mol. The smallest absolute Gasteiger partial charge is 0.240 e. The fraction of sp³-hybridized carbons (Fsp3) is 0.278. The molecule has 2 aromatic rings. The standard InChI is InChI=1S/C18H17F2NOS/c1-11-9-13-5-3-4-6-16(13)21(11)18(22)12(2)23-17-10-14(19)7-8-15(17)20/h3-8,10-12H,9H2,1-2H3/t11-,12+/m0/s1. The molecule has 1 amide bonds. The summed E-state index contributed by atoms with van der Waals surface area (Å²) in [6, 6.07) is 11.2. The van der Waals surface area contributed by atoms with Crippen LogP contribution in [-0.2, 0) is 11.2 Å². The van der Waals surface area contributed by atoms with Crippen molar-refractivity contribution in [3.8, 4) is 0 Å². The van der Waals surface area contributed by atoms with Crippen molar-refractivity contribution in [3.05, 3.63) is 59.7 Å². The Morgan fingerprint density at radius 2 is 2.00 bits per heavy atom. The topological polar surface area (TPSA) is 20.3 Å². The molecule has 0 aliphatic carbocycles. The first-order valence-electron chi connectivity index (χ1n) is 7.50. The fourth-order valence-corrected chi connectivity index (χ4v) is 3.86. The van der Waals surface area contributed by atoms with Crippen molar-refractivity contribution >= 4 is 23.4 Å². The monoisotopic (exact) mass is 333 g/mol. The Balaban J connectivity index is 1.81. The van der Waals surface area contributed by atoms with Gasteiger partial charge in [0.05, 0.1) is 5.25 Å². The Kier molecular flexibility index (Phi) is 4.39. The van der Waals surface area contributed by atoms with Gasteiger partial charge in [-0.2, -0.15) is 0 Å². The molecule has 0 fully saturated rings. The average Bonchev–Trinajstić information content (AvgIpc) is 2.86. The van der Waals surface area contributed by atoms with Gasteiger partial charge in [-0.25, -0.2) is 8.78 Å². The highest BCUT2D eigenvalue weighted by Gasteiger charge is 2.33. The lowest BCUT2D eigenvalue weighted by Crippen LogP contribution is -2.40. The second kappa shape index (κ2) is 6.32. The number of nitrogens with zero attached hydrogens (tertiary/aromatic N) is 1. The molecular formula is C18H17F2NOS. The van der Waals surface area contributed by atoms with Gasteiger partial charge in [0.25, 0.3) is 0 Å². The Morgan fingerprint density at radius 3 is 2.78 bits per heavy atom. The third-order valence-electron chi connectivity index (χ3n) is 3.99. The van der Waals surface area contributed by atoms with Crippen molar-refractivity contribution in [1.82, 2.24) is 0 Å². The predicted octanol–water partition coefficient (Wildman–Crippen LogP) is 4.42. The summed E-state index contributed by atoms with van der Waals surface area (Å²) < 4.78 is 27.1. The highest BCUT2D eigenvalue weighted by atomic mass is 32.2. The van der Waals surface area contributed by atoms with Crippen LogP contribution >= 0.6 is 11.8 Å². The number of hydrogen-bond donors (Lipinski definition) is 0. The number of anilines is 1. The van der Waals surface area contributed by atoms with E-state index in [1.807, 2.05) is 31.2 Å². The Bertz CT molecular complexity index is 750. The normalized spacial score (nSPS) is 17.9. The molecule has 0 N–H and O–H groups in total. The van der Waals surface area contributed by atoms with Crippen LogP contribution < -0.4 is 4.90 Å². The zero-order chi connectivity index (χ0) is 16.6. The molecule has 0 radical (unpaired) electrons. The van der Waals surface area contributed by atoms with E-state index in [-0.39, 0.29) is 16.8 Å². The van der Waals surface area contributed by atoms with Crippen molar-refractivity contribution in [2.24, 2.45) is 0 Å². The molecule has 0 spiro atoms. The van der Waals surface area contributed by atoms with Crippen molar-refractivity contribution in [2.45, 2.75) is 36.5 Å². The van der Waals surface area contributed by atoms with E-state index in [1.165, 1.54) is 0 Å². The van der Waals surface area contributed by atoms with Gasteiger partial charge >= 0.3 is 0 Å². The number of rotatable bonds is 3. The SMILES string of the molecule is C[C@@H](Sc1cc(F)ccc1F)C(=O)N1c2ccccc2C[C@@H]1C. The van der Waals surface area contributed by atoms with Crippen molar-refractivity contribution in [2.75, 3.05) is 4.90 Å². The number of para-hydroxylation sites is 1. The van der Waals surface area contributed by atoms with Gasteiger partial charge in [0.15, 0.2) is 0 Å². The quantitative estimate of drug-likeness (QED) is 0.775. The molecule has 23 heavy (non-hydrogen) atoms. The molecule has 0 unspecified atom stereocenters. The summed E-state index contributed by atoms with van der Waals surface area (Å²) in [4.78, 5) is 14.7. The second-order valence-electron chi connectivity index (χ2n) is 5.72. The van der Waals surface area contributed by atoms with Gasteiger partial charge < -0.3 is 4.90 Å². The first-order valence-corrected chi connectivity index (χ1v) is 8.38. The number of halogens is 2. The lowest BCUT2D eigenvalue weighted by molar-refractivity contribution is -0.118. The van der Waals surface area contributed by atoms with Crippen LogP contribution in [0.15, 0.2) is 47.4 Å².